The molecular weight excluding hydrogens is 610 g/mol. The maximum absolute atomic E-state index is 13.8. The van der Waals surface area contributed by atoms with Crippen molar-refractivity contribution in [1.29, 1.82) is 0 Å². The summed E-state index contributed by atoms with van der Waals surface area (Å²) in [4.78, 5) is 63.3. The number of carboxylic acid groups (broad SMARTS) is 1. The van der Waals surface area contributed by atoms with Crippen LogP contribution in [-0.2, 0) is 30.3 Å². The summed E-state index contributed by atoms with van der Waals surface area (Å²) in [6, 6.07) is 3.10. The van der Waals surface area contributed by atoms with E-state index in [1.807, 2.05) is 0 Å². The fourth-order valence-electron chi connectivity index (χ4n) is 6.02. The van der Waals surface area contributed by atoms with Gasteiger partial charge in [0.2, 0.25) is 11.7 Å². The van der Waals surface area contributed by atoms with E-state index in [1.54, 1.807) is 0 Å². The number of phenolic OH excluding ortho intramolecular Hbond substituents is 2. The van der Waals surface area contributed by atoms with Gasteiger partial charge < -0.3 is 50.2 Å². The summed E-state index contributed by atoms with van der Waals surface area (Å²) >= 11 is 0. The van der Waals surface area contributed by atoms with Gasteiger partial charge in [0.05, 0.1) is 36.3 Å². The zero-order valence-electron chi connectivity index (χ0n) is 24.6. The van der Waals surface area contributed by atoms with Gasteiger partial charge in [-0.1, -0.05) is 12.1 Å². The molecule has 0 fully saturated rings. The van der Waals surface area contributed by atoms with Crippen LogP contribution in [0.4, 0.5) is 0 Å². The van der Waals surface area contributed by atoms with Crippen molar-refractivity contribution in [3.63, 3.8) is 0 Å². The third-order valence-electron chi connectivity index (χ3n) is 8.36. The van der Waals surface area contributed by atoms with E-state index in [9.17, 15) is 49.5 Å². The summed E-state index contributed by atoms with van der Waals surface area (Å²) in [5.74, 6) is -6.53. The SMILES string of the molecule is COc1cccc2c1C(=O)c1c(O)c3c(c(O)c1C2=O)C[C@@](O)(C(=O)CO)C[C@@H]3OC1=C[C@@H](NC(=O)CCC(=O)O)[C@H](O)C(C)O1. The van der Waals surface area contributed by atoms with Gasteiger partial charge in [-0.25, -0.2) is 0 Å². The number of carboxylic acids is 1. The van der Waals surface area contributed by atoms with Gasteiger partial charge in [0.15, 0.2) is 11.6 Å². The number of phenols is 2. The number of fused-ring (bicyclic) bond motifs is 3. The van der Waals surface area contributed by atoms with E-state index < -0.39 is 108 Å². The van der Waals surface area contributed by atoms with Crippen molar-refractivity contribution in [1.82, 2.24) is 5.32 Å². The molecule has 0 bridgehead atoms. The fraction of sp³-hybridized carbons (Fsp3) is 0.387. The average molecular weight is 642 g/mol. The maximum atomic E-state index is 13.8. The highest BCUT2D eigenvalue weighted by Gasteiger charge is 2.50. The van der Waals surface area contributed by atoms with Crippen molar-refractivity contribution >= 4 is 29.2 Å². The Bertz CT molecular complexity index is 1700. The van der Waals surface area contributed by atoms with Gasteiger partial charge in [-0.15, -0.1) is 0 Å². The molecule has 1 aliphatic heterocycles. The highest BCUT2D eigenvalue weighted by Crippen LogP contribution is 2.52. The number of amides is 1. The van der Waals surface area contributed by atoms with Crippen molar-refractivity contribution in [2.45, 2.75) is 62.6 Å². The number of ether oxygens (including phenoxy) is 3. The predicted octanol–water partition coefficient (Wildman–Crippen LogP) is 0.149. The van der Waals surface area contributed by atoms with Crippen LogP contribution in [0.15, 0.2) is 30.2 Å². The molecule has 0 spiro atoms. The Morgan fingerprint density at radius 1 is 1.07 bits per heavy atom. The summed E-state index contributed by atoms with van der Waals surface area (Å²) in [6.07, 6.45) is -4.87. The third-order valence-corrected chi connectivity index (χ3v) is 8.36. The number of aliphatic hydroxyl groups excluding tert-OH is 2. The third kappa shape index (κ3) is 5.42. The van der Waals surface area contributed by atoms with Gasteiger partial charge in [-0.2, -0.15) is 0 Å². The number of ketones is 3. The highest BCUT2D eigenvalue weighted by atomic mass is 16.7. The van der Waals surface area contributed by atoms with Crippen LogP contribution in [0.5, 0.6) is 17.2 Å². The first-order valence-corrected chi connectivity index (χ1v) is 14.2. The molecule has 46 heavy (non-hydrogen) atoms. The molecule has 0 saturated carbocycles. The second-order valence-corrected chi connectivity index (χ2v) is 11.3. The smallest absolute Gasteiger partial charge is 0.303 e. The minimum atomic E-state index is -2.38. The zero-order valence-corrected chi connectivity index (χ0v) is 24.6. The van der Waals surface area contributed by atoms with E-state index in [0.717, 1.165) is 6.08 Å². The van der Waals surface area contributed by atoms with Crippen LogP contribution in [0.2, 0.25) is 0 Å². The van der Waals surface area contributed by atoms with E-state index in [0.29, 0.717) is 0 Å². The average Bonchev–Trinajstić information content (AvgIpc) is 3.01. The van der Waals surface area contributed by atoms with Crippen molar-refractivity contribution < 1.29 is 68.8 Å². The van der Waals surface area contributed by atoms with E-state index in [2.05, 4.69) is 5.32 Å². The molecule has 2 aromatic carbocycles. The largest absolute Gasteiger partial charge is 0.507 e. The minimum Gasteiger partial charge on any atom is -0.507 e. The lowest BCUT2D eigenvalue weighted by atomic mass is 9.72. The molecular formula is C31H31NO14. The molecule has 1 amide bonds. The van der Waals surface area contributed by atoms with Gasteiger partial charge in [-0.05, 0) is 13.0 Å². The number of aliphatic carboxylic acids is 1. The van der Waals surface area contributed by atoms with Crippen molar-refractivity contribution in [3.8, 4) is 17.2 Å². The first-order chi connectivity index (χ1) is 21.7. The van der Waals surface area contributed by atoms with Crippen LogP contribution in [0.1, 0.15) is 75.3 Å². The molecule has 15 heteroatoms. The topological polar surface area (TPSA) is 246 Å². The first kappa shape index (κ1) is 32.4. The van der Waals surface area contributed by atoms with E-state index in [4.69, 9.17) is 19.3 Å². The number of nitrogens with one attached hydrogen (secondary N) is 1. The second kappa shape index (κ2) is 12.1. The Labute approximate surface area is 260 Å². The van der Waals surface area contributed by atoms with E-state index in [1.165, 1.54) is 32.2 Å². The minimum absolute atomic E-state index is 0.0404. The predicted molar refractivity (Wildman–Crippen MR) is 152 cm³/mol. The molecule has 3 aliphatic rings. The number of benzene rings is 2. The van der Waals surface area contributed by atoms with Crippen molar-refractivity contribution in [3.05, 3.63) is 63.6 Å². The molecule has 0 saturated heterocycles. The molecule has 15 nitrogen and oxygen atoms in total. The molecule has 5 atom stereocenters. The van der Waals surface area contributed by atoms with Gasteiger partial charge in [0.1, 0.15) is 47.8 Å². The second-order valence-electron chi connectivity index (χ2n) is 11.3. The van der Waals surface area contributed by atoms with Gasteiger partial charge >= 0.3 is 5.97 Å². The maximum Gasteiger partial charge on any atom is 0.303 e. The van der Waals surface area contributed by atoms with E-state index >= 15 is 0 Å². The Kier molecular flexibility index (Phi) is 8.51. The summed E-state index contributed by atoms with van der Waals surface area (Å²) < 4.78 is 16.9. The molecule has 7 N–H and O–H groups in total. The number of aromatic hydroxyl groups is 2. The number of methoxy groups -OCH3 is 1. The number of hydrogen-bond acceptors (Lipinski definition) is 13. The molecule has 1 unspecified atom stereocenters. The molecule has 1 heterocycles. The van der Waals surface area contributed by atoms with Crippen LogP contribution in [0.25, 0.3) is 0 Å². The van der Waals surface area contributed by atoms with Crippen molar-refractivity contribution in [2.24, 2.45) is 0 Å². The van der Waals surface area contributed by atoms with Crippen LogP contribution >= 0.6 is 0 Å². The number of rotatable bonds is 9. The summed E-state index contributed by atoms with van der Waals surface area (Å²) in [5, 5.41) is 65.9. The van der Waals surface area contributed by atoms with Crippen molar-refractivity contribution in [2.75, 3.05) is 13.7 Å². The number of Topliss-reactive ketones (excluding diaryl/α,β-unsaturated/α-hetero) is 1. The van der Waals surface area contributed by atoms with Gasteiger partial charge in [0, 0.05) is 42.0 Å². The number of aliphatic hydroxyl groups is 3. The Morgan fingerprint density at radius 3 is 2.41 bits per heavy atom. The Balaban J connectivity index is 1.61. The lowest BCUT2D eigenvalue weighted by Crippen LogP contribution is -2.50. The molecule has 0 radical (unpaired) electrons. The molecule has 2 aliphatic carbocycles. The number of carbonyl (C=O) groups is 5. The highest BCUT2D eigenvalue weighted by molar-refractivity contribution is 6.31. The van der Waals surface area contributed by atoms with Gasteiger partial charge in [-0.3, -0.25) is 24.0 Å². The van der Waals surface area contributed by atoms with Gasteiger partial charge in [0.25, 0.3) is 5.95 Å². The quantitative estimate of drug-likeness (QED) is 0.154. The van der Waals surface area contributed by atoms with E-state index in [-0.39, 0.29) is 40.4 Å². The Morgan fingerprint density at radius 2 is 1.76 bits per heavy atom. The summed E-state index contributed by atoms with van der Waals surface area (Å²) in [6.45, 7) is 0.334. The lowest BCUT2D eigenvalue weighted by molar-refractivity contribution is -0.150. The number of hydrogen-bond donors (Lipinski definition) is 7. The fourth-order valence-corrected chi connectivity index (χ4v) is 6.02. The Hall–Kier alpha value is -4.99. The van der Waals surface area contributed by atoms with Crippen LogP contribution in [0, 0.1) is 0 Å². The molecule has 5 rings (SSSR count). The molecule has 2 aromatic rings. The lowest BCUT2D eigenvalue weighted by Gasteiger charge is -2.40. The van der Waals surface area contributed by atoms with Crippen LogP contribution in [0.3, 0.4) is 0 Å². The summed E-state index contributed by atoms with van der Waals surface area (Å²) in [5.41, 5.74) is -4.31. The normalized spacial score (nSPS) is 24.8. The number of carbonyl (C=O) groups excluding carboxylic acids is 4. The van der Waals surface area contributed by atoms with Crippen LogP contribution in [-0.4, -0.2) is 97.4 Å². The van der Waals surface area contributed by atoms with Crippen LogP contribution < -0.4 is 10.1 Å². The molecule has 244 valence electrons. The first-order valence-electron chi connectivity index (χ1n) is 14.2. The monoisotopic (exact) mass is 641 g/mol. The summed E-state index contributed by atoms with van der Waals surface area (Å²) in [7, 11) is 1.29. The standard InChI is InChI=1S/C31H31NO14/c1-12-26(38)15(32-19(35)6-7-20(36)37)8-21(45-12)46-17-10-31(43,18(34)11-33)9-14-23(17)30(42)25-24(28(14)40)27(39)13-4-3-5-16(44-2)22(13)29(25)41/h3-5,8,12,15,17,26,33,38,40,42-43H,6-7,9-11H2,1-2H3,(H,32,35)(H,36,37)/t12?,15-,17+,26-,31+/m1/s1. The zero-order chi connectivity index (χ0) is 33.7. The molecule has 0 aromatic heterocycles.